The lowest BCUT2D eigenvalue weighted by Crippen LogP contribution is -2.20. The number of carbonyl (C=O) groups is 2. The van der Waals surface area contributed by atoms with E-state index in [0.717, 1.165) is 0 Å². The quantitative estimate of drug-likeness (QED) is 0.395. The first-order valence-electron chi connectivity index (χ1n) is 9.83. The maximum Gasteiger partial charge on any atom is 0.266 e. The summed E-state index contributed by atoms with van der Waals surface area (Å²) in [5.74, 6) is -0.484. The molecule has 0 aromatic heterocycles. The second kappa shape index (κ2) is 11.1. The molecule has 2 amide bonds. The van der Waals surface area contributed by atoms with Crippen molar-refractivity contribution in [2.24, 2.45) is 0 Å². The molecule has 0 aliphatic carbocycles. The van der Waals surface area contributed by atoms with Gasteiger partial charge in [0.05, 0.1) is 7.11 Å². The van der Waals surface area contributed by atoms with E-state index in [0.29, 0.717) is 28.4 Å². The number of hydrogen-bond donors (Lipinski definition) is 2. The van der Waals surface area contributed by atoms with Gasteiger partial charge in [0.2, 0.25) is 0 Å². The Kier molecular flexibility index (Phi) is 7.76. The van der Waals surface area contributed by atoms with E-state index in [1.54, 1.807) is 55.6 Å². The third-order valence-corrected chi connectivity index (χ3v) is 4.42. The van der Waals surface area contributed by atoms with Crippen molar-refractivity contribution < 1.29 is 23.5 Å². The molecule has 0 saturated carbocycles. The molecule has 0 radical (unpaired) electrons. The Morgan fingerprint density at radius 3 is 2.27 bits per heavy atom. The van der Waals surface area contributed by atoms with Gasteiger partial charge < -0.3 is 20.1 Å². The number of carbonyl (C=O) groups excluding carboxylic acids is 2. The maximum atomic E-state index is 13.0. The molecule has 2 N–H and O–H groups in total. The Morgan fingerprint density at radius 2 is 1.61 bits per heavy atom. The molecule has 8 heteroatoms. The first kappa shape index (κ1) is 23.0. The molecule has 0 spiro atoms. The molecule has 0 unspecified atom stereocenters. The Bertz CT molecular complexity index is 1200. The topological polar surface area (TPSA) is 100 Å². The Labute approximate surface area is 190 Å². The minimum atomic E-state index is -0.656. The van der Waals surface area contributed by atoms with Gasteiger partial charge in [-0.2, -0.15) is 5.26 Å². The third-order valence-electron chi connectivity index (χ3n) is 4.42. The molecule has 3 aromatic rings. The monoisotopic (exact) mass is 445 g/mol. The molecule has 7 nitrogen and oxygen atoms in total. The van der Waals surface area contributed by atoms with Gasteiger partial charge in [-0.3, -0.25) is 9.59 Å². The normalized spacial score (nSPS) is 10.6. The summed E-state index contributed by atoms with van der Waals surface area (Å²) < 4.78 is 23.7. The van der Waals surface area contributed by atoms with Crippen molar-refractivity contribution in [2.45, 2.75) is 0 Å². The second-order valence-electron chi connectivity index (χ2n) is 6.73. The summed E-state index contributed by atoms with van der Waals surface area (Å²) in [4.78, 5) is 24.7. The van der Waals surface area contributed by atoms with Crippen LogP contribution in [-0.2, 0) is 9.59 Å². The average Bonchev–Trinajstić information content (AvgIpc) is 2.83. The van der Waals surface area contributed by atoms with Gasteiger partial charge in [0, 0.05) is 16.9 Å². The van der Waals surface area contributed by atoms with Gasteiger partial charge >= 0.3 is 0 Å². The molecule has 0 saturated heterocycles. The predicted molar refractivity (Wildman–Crippen MR) is 122 cm³/mol. The number of methoxy groups -OCH3 is 1. The van der Waals surface area contributed by atoms with Gasteiger partial charge in [-0.05, 0) is 60.7 Å². The molecule has 3 rings (SSSR count). The van der Waals surface area contributed by atoms with Crippen LogP contribution in [0.4, 0.5) is 15.8 Å². The number of halogens is 1. The van der Waals surface area contributed by atoms with E-state index < -0.39 is 11.7 Å². The molecule has 3 aromatic carbocycles. The van der Waals surface area contributed by atoms with Crippen LogP contribution in [0, 0.1) is 17.1 Å². The molecule has 0 aliphatic heterocycles. The number of rotatable bonds is 8. The van der Waals surface area contributed by atoms with E-state index in [9.17, 15) is 19.2 Å². The fraction of sp³-hybridized carbons (Fsp3) is 0.0800. The Hall–Kier alpha value is -4.64. The van der Waals surface area contributed by atoms with Crippen molar-refractivity contribution in [2.75, 3.05) is 24.4 Å². The predicted octanol–water partition coefficient (Wildman–Crippen LogP) is 4.40. The van der Waals surface area contributed by atoms with E-state index in [1.165, 1.54) is 30.3 Å². The van der Waals surface area contributed by atoms with E-state index in [1.807, 2.05) is 6.07 Å². The molecule has 166 valence electrons. The average molecular weight is 445 g/mol. The Morgan fingerprint density at radius 1 is 0.970 bits per heavy atom. The van der Waals surface area contributed by atoms with Crippen LogP contribution in [0.5, 0.6) is 11.5 Å². The SMILES string of the molecule is COc1ccc(NC(=O)COc2ccccc2/C=C(\C#N)C(=O)Nc2ccc(F)cc2)cc1. The van der Waals surface area contributed by atoms with Crippen molar-refractivity contribution in [1.82, 2.24) is 0 Å². The number of ether oxygens (including phenoxy) is 2. The summed E-state index contributed by atoms with van der Waals surface area (Å²) in [6.07, 6.45) is 1.36. The van der Waals surface area contributed by atoms with Crippen molar-refractivity contribution in [3.63, 3.8) is 0 Å². The van der Waals surface area contributed by atoms with Crippen LogP contribution in [0.3, 0.4) is 0 Å². The van der Waals surface area contributed by atoms with Crippen LogP contribution in [0.15, 0.2) is 78.4 Å². The first-order valence-corrected chi connectivity index (χ1v) is 9.83. The minimum Gasteiger partial charge on any atom is -0.497 e. The minimum absolute atomic E-state index is 0.182. The van der Waals surface area contributed by atoms with Gasteiger partial charge in [0.1, 0.15) is 29.0 Å². The summed E-state index contributed by atoms with van der Waals surface area (Å²) in [7, 11) is 1.55. The molecule has 0 bridgehead atoms. The highest BCUT2D eigenvalue weighted by molar-refractivity contribution is 6.09. The van der Waals surface area contributed by atoms with Crippen LogP contribution in [0.1, 0.15) is 5.56 Å². The van der Waals surface area contributed by atoms with Crippen molar-refractivity contribution in [3.05, 3.63) is 89.8 Å². The lowest BCUT2D eigenvalue weighted by atomic mass is 10.1. The Balaban J connectivity index is 1.67. The zero-order chi connectivity index (χ0) is 23.6. The lowest BCUT2D eigenvalue weighted by molar-refractivity contribution is -0.118. The fourth-order valence-electron chi connectivity index (χ4n) is 2.78. The van der Waals surface area contributed by atoms with Crippen LogP contribution in [-0.4, -0.2) is 25.5 Å². The van der Waals surface area contributed by atoms with Gasteiger partial charge in [-0.1, -0.05) is 18.2 Å². The van der Waals surface area contributed by atoms with E-state index in [2.05, 4.69) is 10.6 Å². The summed E-state index contributed by atoms with van der Waals surface area (Å²) in [5, 5.41) is 14.7. The fourth-order valence-corrected chi connectivity index (χ4v) is 2.78. The number of nitriles is 1. The van der Waals surface area contributed by atoms with Crippen molar-refractivity contribution in [1.29, 1.82) is 5.26 Å². The van der Waals surface area contributed by atoms with Gasteiger partial charge in [-0.15, -0.1) is 0 Å². The number of nitrogens with one attached hydrogen (secondary N) is 2. The number of para-hydroxylation sites is 1. The maximum absolute atomic E-state index is 13.0. The number of benzene rings is 3. The van der Waals surface area contributed by atoms with Crippen molar-refractivity contribution in [3.8, 4) is 17.6 Å². The summed E-state index contributed by atoms with van der Waals surface area (Å²) >= 11 is 0. The summed E-state index contributed by atoms with van der Waals surface area (Å²) in [5.41, 5.74) is 1.20. The van der Waals surface area contributed by atoms with Crippen LogP contribution in [0.2, 0.25) is 0 Å². The summed E-state index contributed by atoms with van der Waals surface area (Å²) in [6, 6.07) is 20.6. The van der Waals surface area contributed by atoms with Gasteiger partial charge in [-0.25, -0.2) is 4.39 Å². The smallest absolute Gasteiger partial charge is 0.266 e. The highest BCUT2D eigenvalue weighted by atomic mass is 19.1. The molecular formula is C25H20FN3O4. The number of anilines is 2. The van der Waals surface area contributed by atoms with Crippen LogP contribution in [0.25, 0.3) is 6.08 Å². The summed E-state index contributed by atoms with van der Waals surface area (Å²) in [6.45, 7) is -0.277. The molecule has 0 aliphatic rings. The molecule has 33 heavy (non-hydrogen) atoms. The van der Waals surface area contributed by atoms with E-state index in [-0.39, 0.29) is 18.1 Å². The van der Waals surface area contributed by atoms with Crippen molar-refractivity contribution >= 4 is 29.3 Å². The molecular weight excluding hydrogens is 425 g/mol. The van der Waals surface area contributed by atoms with E-state index >= 15 is 0 Å². The van der Waals surface area contributed by atoms with Gasteiger partial charge in [0.15, 0.2) is 6.61 Å². The largest absolute Gasteiger partial charge is 0.497 e. The molecule has 0 atom stereocenters. The van der Waals surface area contributed by atoms with E-state index in [4.69, 9.17) is 9.47 Å². The number of amides is 2. The number of hydrogen-bond acceptors (Lipinski definition) is 5. The van der Waals surface area contributed by atoms with Crippen LogP contribution >= 0.6 is 0 Å². The number of nitrogens with zero attached hydrogens (tertiary/aromatic N) is 1. The second-order valence-corrected chi connectivity index (χ2v) is 6.73. The zero-order valence-corrected chi connectivity index (χ0v) is 17.7. The van der Waals surface area contributed by atoms with Gasteiger partial charge in [0.25, 0.3) is 11.8 Å². The first-order chi connectivity index (χ1) is 16.0. The highest BCUT2D eigenvalue weighted by Gasteiger charge is 2.12. The molecule has 0 fully saturated rings. The lowest BCUT2D eigenvalue weighted by Gasteiger charge is -2.11. The van der Waals surface area contributed by atoms with Crippen LogP contribution < -0.4 is 20.1 Å². The third kappa shape index (κ3) is 6.67. The standard InChI is InChI=1S/C25H20FN3O4/c1-32-22-12-10-20(11-13-22)28-24(30)16-33-23-5-3-2-4-17(23)14-18(15-27)25(31)29-21-8-6-19(26)7-9-21/h2-14H,16H2,1H3,(H,28,30)(H,29,31)/b18-14+. The molecule has 0 heterocycles. The zero-order valence-electron chi connectivity index (χ0n) is 17.7. The highest BCUT2D eigenvalue weighted by Crippen LogP contribution is 2.22.